The van der Waals surface area contributed by atoms with Gasteiger partial charge in [0.1, 0.15) is 0 Å². The highest BCUT2D eigenvalue weighted by atomic mass is 32.1. The van der Waals surface area contributed by atoms with Gasteiger partial charge in [0.05, 0.1) is 12.7 Å². The third-order valence-corrected chi connectivity index (χ3v) is 2.83. The molecule has 3 heteroatoms. The molecule has 0 unspecified atom stereocenters. The summed E-state index contributed by atoms with van der Waals surface area (Å²) in [5, 5.41) is 3.36. The molecule has 14 heavy (non-hydrogen) atoms. The fourth-order valence-corrected chi connectivity index (χ4v) is 2.02. The molecule has 1 rings (SSSR count). The van der Waals surface area contributed by atoms with Crippen molar-refractivity contribution in [1.82, 2.24) is 5.32 Å². The summed E-state index contributed by atoms with van der Waals surface area (Å²) < 4.78 is 5.43. The van der Waals surface area contributed by atoms with E-state index in [9.17, 15) is 0 Å². The highest BCUT2D eigenvalue weighted by Gasteiger charge is 1.96. The van der Waals surface area contributed by atoms with E-state index < -0.39 is 0 Å². The maximum Gasteiger partial charge on any atom is 0.0594 e. The Morgan fingerprint density at radius 1 is 1.43 bits per heavy atom. The summed E-state index contributed by atoms with van der Waals surface area (Å²) in [5.74, 6) is 0. The lowest BCUT2D eigenvalue weighted by atomic mass is 10.4. The monoisotopic (exact) mass is 213 g/mol. The van der Waals surface area contributed by atoms with Gasteiger partial charge in [0.15, 0.2) is 0 Å². The van der Waals surface area contributed by atoms with Crippen LogP contribution in [0, 0.1) is 6.92 Å². The van der Waals surface area contributed by atoms with E-state index in [4.69, 9.17) is 4.74 Å². The quantitative estimate of drug-likeness (QED) is 0.733. The summed E-state index contributed by atoms with van der Waals surface area (Å²) in [5.41, 5.74) is 0. The van der Waals surface area contributed by atoms with E-state index >= 15 is 0 Å². The molecule has 0 aromatic carbocycles. The largest absolute Gasteiger partial charge is 0.377 e. The zero-order valence-corrected chi connectivity index (χ0v) is 9.99. The third kappa shape index (κ3) is 4.74. The Bertz CT molecular complexity index is 258. The van der Waals surface area contributed by atoms with E-state index in [2.05, 4.69) is 38.2 Å². The number of aryl methyl sites for hydroxylation is 1. The van der Waals surface area contributed by atoms with Gasteiger partial charge >= 0.3 is 0 Å². The second-order valence-corrected chi connectivity index (χ2v) is 4.98. The lowest BCUT2D eigenvalue weighted by Gasteiger charge is -2.07. The molecule has 0 atom stereocenters. The molecule has 0 fully saturated rings. The highest BCUT2D eigenvalue weighted by Crippen LogP contribution is 2.14. The Balaban J connectivity index is 2.04. The van der Waals surface area contributed by atoms with E-state index in [1.807, 2.05) is 11.3 Å². The van der Waals surface area contributed by atoms with E-state index in [0.717, 1.165) is 19.7 Å². The van der Waals surface area contributed by atoms with Gasteiger partial charge < -0.3 is 10.1 Å². The van der Waals surface area contributed by atoms with Crippen molar-refractivity contribution in [2.24, 2.45) is 0 Å². The van der Waals surface area contributed by atoms with Crippen molar-refractivity contribution in [2.75, 3.05) is 13.2 Å². The maximum atomic E-state index is 5.43. The molecule has 1 aromatic heterocycles. The topological polar surface area (TPSA) is 21.3 Å². The van der Waals surface area contributed by atoms with Gasteiger partial charge in [0, 0.05) is 22.8 Å². The minimum atomic E-state index is 0.334. The van der Waals surface area contributed by atoms with Crippen LogP contribution in [0.2, 0.25) is 0 Å². The highest BCUT2D eigenvalue weighted by molar-refractivity contribution is 7.11. The summed E-state index contributed by atoms with van der Waals surface area (Å²) >= 11 is 1.85. The molecule has 0 amide bonds. The van der Waals surface area contributed by atoms with Gasteiger partial charge in [-0.25, -0.2) is 0 Å². The van der Waals surface area contributed by atoms with Crippen LogP contribution in [0.15, 0.2) is 12.1 Å². The molecule has 1 aromatic rings. The second kappa shape index (κ2) is 6.17. The van der Waals surface area contributed by atoms with Crippen molar-refractivity contribution < 1.29 is 4.74 Å². The molecule has 2 nitrogen and oxygen atoms in total. The van der Waals surface area contributed by atoms with Crippen LogP contribution in [0.5, 0.6) is 0 Å². The van der Waals surface area contributed by atoms with Crippen LogP contribution in [-0.4, -0.2) is 19.3 Å². The van der Waals surface area contributed by atoms with E-state index in [1.54, 1.807) is 0 Å². The Morgan fingerprint density at radius 2 is 2.21 bits per heavy atom. The van der Waals surface area contributed by atoms with Crippen LogP contribution < -0.4 is 5.32 Å². The molecular weight excluding hydrogens is 194 g/mol. The van der Waals surface area contributed by atoms with Crippen molar-refractivity contribution in [3.8, 4) is 0 Å². The predicted octanol–water partition coefficient (Wildman–Crippen LogP) is 2.57. The molecule has 1 N–H and O–H groups in total. The summed E-state index contributed by atoms with van der Waals surface area (Å²) in [6.07, 6.45) is 0.334. The summed E-state index contributed by atoms with van der Waals surface area (Å²) in [6, 6.07) is 4.34. The number of hydrogen-bond donors (Lipinski definition) is 1. The first-order valence-electron chi connectivity index (χ1n) is 5.06. The number of rotatable bonds is 6. The summed E-state index contributed by atoms with van der Waals surface area (Å²) in [4.78, 5) is 2.77. The smallest absolute Gasteiger partial charge is 0.0594 e. The summed E-state index contributed by atoms with van der Waals surface area (Å²) in [6.45, 7) is 8.93. The third-order valence-electron chi connectivity index (χ3n) is 1.83. The molecular formula is C11H19NOS. The van der Waals surface area contributed by atoms with Crippen LogP contribution in [0.1, 0.15) is 23.6 Å². The molecule has 0 bridgehead atoms. The van der Waals surface area contributed by atoms with Gasteiger partial charge in [-0.2, -0.15) is 0 Å². The standard InChI is InChI=1S/C11H19NOS/c1-9(2)13-7-6-12-8-11-5-4-10(3)14-11/h4-5,9,12H,6-8H2,1-3H3. The lowest BCUT2D eigenvalue weighted by molar-refractivity contribution is 0.0807. The Labute approximate surface area is 90.3 Å². The van der Waals surface area contributed by atoms with Crippen molar-refractivity contribution in [3.63, 3.8) is 0 Å². The van der Waals surface area contributed by atoms with Crippen molar-refractivity contribution in [1.29, 1.82) is 0 Å². The van der Waals surface area contributed by atoms with Crippen LogP contribution in [-0.2, 0) is 11.3 Å². The zero-order valence-electron chi connectivity index (χ0n) is 9.17. The molecule has 0 saturated carbocycles. The van der Waals surface area contributed by atoms with Gasteiger partial charge in [0.2, 0.25) is 0 Å². The number of ether oxygens (including phenoxy) is 1. The number of thiophene rings is 1. The number of nitrogens with one attached hydrogen (secondary N) is 1. The van der Waals surface area contributed by atoms with E-state index in [1.165, 1.54) is 9.75 Å². The van der Waals surface area contributed by atoms with Gasteiger partial charge in [-0.1, -0.05) is 0 Å². The molecule has 0 saturated heterocycles. The number of hydrogen-bond acceptors (Lipinski definition) is 3. The van der Waals surface area contributed by atoms with Crippen LogP contribution in [0.3, 0.4) is 0 Å². The minimum absolute atomic E-state index is 0.334. The first-order chi connectivity index (χ1) is 6.68. The molecule has 0 spiro atoms. The van der Waals surface area contributed by atoms with E-state index in [0.29, 0.717) is 6.10 Å². The average molecular weight is 213 g/mol. The van der Waals surface area contributed by atoms with Crippen molar-refractivity contribution >= 4 is 11.3 Å². The van der Waals surface area contributed by atoms with Crippen LogP contribution in [0.4, 0.5) is 0 Å². The zero-order chi connectivity index (χ0) is 10.4. The van der Waals surface area contributed by atoms with Gasteiger partial charge in [-0.15, -0.1) is 11.3 Å². The van der Waals surface area contributed by atoms with Crippen LogP contribution >= 0.6 is 11.3 Å². The molecule has 0 radical (unpaired) electrons. The lowest BCUT2D eigenvalue weighted by Crippen LogP contribution is -2.20. The molecule has 0 aliphatic heterocycles. The SMILES string of the molecule is Cc1ccc(CNCCOC(C)C)s1. The maximum absolute atomic E-state index is 5.43. The fourth-order valence-electron chi connectivity index (χ4n) is 1.16. The molecule has 80 valence electrons. The van der Waals surface area contributed by atoms with Crippen LogP contribution in [0.25, 0.3) is 0 Å². The van der Waals surface area contributed by atoms with Gasteiger partial charge in [0.25, 0.3) is 0 Å². The molecule has 1 heterocycles. The first-order valence-corrected chi connectivity index (χ1v) is 5.88. The fraction of sp³-hybridized carbons (Fsp3) is 0.636. The normalized spacial score (nSPS) is 11.1. The van der Waals surface area contributed by atoms with Gasteiger partial charge in [-0.3, -0.25) is 0 Å². The minimum Gasteiger partial charge on any atom is -0.377 e. The molecule has 0 aliphatic rings. The van der Waals surface area contributed by atoms with Crippen molar-refractivity contribution in [2.45, 2.75) is 33.4 Å². The Kier molecular flexibility index (Phi) is 5.15. The van der Waals surface area contributed by atoms with Crippen molar-refractivity contribution in [3.05, 3.63) is 21.9 Å². The Morgan fingerprint density at radius 3 is 2.79 bits per heavy atom. The second-order valence-electron chi connectivity index (χ2n) is 3.61. The predicted molar refractivity (Wildman–Crippen MR) is 61.9 cm³/mol. The average Bonchev–Trinajstić information content (AvgIpc) is 2.50. The first kappa shape index (κ1) is 11.7. The van der Waals surface area contributed by atoms with Gasteiger partial charge in [-0.05, 0) is 32.9 Å². The Hall–Kier alpha value is -0.380. The summed E-state index contributed by atoms with van der Waals surface area (Å²) in [7, 11) is 0. The van der Waals surface area contributed by atoms with E-state index in [-0.39, 0.29) is 0 Å². The molecule has 0 aliphatic carbocycles.